The van der Waals surface area contributed by atoms with Gasteiger partial charge >= 0.3 is 0 Å². The number of aryl methyl sites for hydroxylation is 2. The molecule has 0 aromatic heterocycles. The van der Waals surface area contributed by atoms with Gasteiger partial charge in [0, 0.05) is 17.4 Å². The summed E-state index contributed by atoms with van der Waals surface area (Å²) in [4.78, 5) is 12.1. The largest absolute Gasteiger partial charge is 0.489 e. The van der Waals surface area contributed by atoms with Crippen molar-refractivity contribution in [3.05, 3.63) is 65.7 Å². The lowest BCUT2D eigenvalue weighted by atomic mass is 10.1. The van der Waals surface area contributed by atoms with E-state index in [0.717, 1.165) is 28.3 Å². The predicted molar refractivity (Wildman–Crippen MR) is 99.8 cm³/mol. The van der Waals surface area contributed by atoms with Crippen LogP contribution in [0.2, 0.25) is 0 Å². The van der Waals surface area contributed by atoms with Crippen LogP contribution in [-0.4, -0.2) is 19.1 Å². The topological polar surface area (TPSA) is 50.4 Å². The van der Waals surface area contributed by atoms with Gasteiger partial charge in [0.05, 0.1) is 6.54 Å². The van der Waals surface area contributed by atoms with E-state index in [2.05, 4.69) is 17.2 Å². The molecule has 0 aliphatic heterocycles. The van der Waals surface area contributed by atoms with Crippen LogP contribution in [0, 0.1) is 13.8 Å². The Bertz CT molecular complexity index is 738. The maximum atomic E-state index is 12.1. The van der Waals surface area contributed by atoms with Gasteiger partial charge in [-0.15, -0.1) is 0 Å². The van der Waals surface area contributed by atoms with Gasteiger partial charge in [-0.1, -0.05) is 30.3 Å². The van der Waals surface area contributed by atoms with E-state index in [1.807, 2.05) is 63.2 Å². The van der Waals surface area contributed by atoms with Crippen molar-refractivity contribution in [1.82, 2.24) is 0 Å². The standard InChI is InChI=1S/C20H24N2O2/c1-14(2)13-24-18-7-5-6-17(11-18)21-12-20(23)22-19-9-8-15(3)10-16(19)4/h5-11,21H,1,12-13H2,2-4H3,(H,22,23). The Kier molecular flexibility index (Phi) is 6.01. The van der Waals surface area contributed by atoms with Gasteiger partial charge in [-0.05, 0) is 50.1 Å². The van der Waals surface area contributed by atoms with Crippen LogP contribution in [0.15, 0.2) is 54.6 Å². The van der Waals surface area contributed by atoms with Crippen LogP contribution >= 0.6 is 0 Å². The monoisotopic (exact) mass is 324 g/mol. The molecule has 2 aromatic carbocycles. The van der Waals surface area contributed by atoms with Crippen molar-refractivity contribution in [3.63, 3.8) is 0 Å². The first-order valence-corrected chi connectivity index (χ1v) is 7.92. The Morgan fingerprint density at radius 2 is 1.96 bits per heavy atom. The number of ether oxygens (including phenoxy) is 1. The molecule has 0 bridgehead atoms. The molecule has 2 aromatic rings. The minimum atomic E-state index is -0.0878. The fourth-order valence-electron chi connectivity index (χ4n) is 2.23. The highest BCUT2D eigenvalue weighted by atomic mass is 16.5. The number of hydrogen-bond acceptors (Lipinski definition) is 3. The zero-order chi connectivity index (χ0) is 17.5. The summed E-state index contributed by atoms with van der Waals surface area (Å²) in [7, 11) is 0. The number of rotatable bonds is 7. The molecule has 0 fully saturated rings. The van der Waals surface area contributed by atoms with E-state index in [4.69, 9.17) is 4.74 Å². The third-order valence-electron chi connectivity index (χ3n) is 3.43. The predicted octanol–water partition coefficient (Wildman–Crippen LogP) is 4.31. The highest BCUT2D eigenvalue weighted by Crippen LogP contribution is 2.18. The van der Waals surface area contributed by atoms with Gasteiger partial charge in [0.1, 0.15) is 12.4 Å². The fourth-order valence-corrected chi connectivity index (χ4v) is 2.23. The zero-order valence-corrected chi connectivity index (χ0v) is 14.5. The quantitative estimate of drug-likeness (QED) is 0.746. The van der Waals surface area contributed by atoms with E-state index in [1.54, 1.807) is 0 Å². The van der Waals surface area contributed by atoms with Gasteiger partial charge < -0.3 is 15.4 Å². The van der Waals surface area contributed by atoms with E-state index in [9.17, 15) is 4.79 Å². The molecule has 0 aliphatic carbocycles. The Labute approximate surface area is 143 Å². The molecule has 2 rings (SSSR count). The number of hydrogen-bond donors (Lipinski definition) is 2. The van der Waals surface area contributed by atoms with Crippen LogP contribution in [0.1, 0.15) is 18.1 Å². The Morgan fingerprint density at radius 1 is 1.17 bits per heavy atom. The summed E-state index contributed by atoms with van der Waals surface area (Å²) in [6.45, 7) is 10.4. The van der Waals surface area contributed by atoms with E-state index in [0.29, 0.717) is 6.61 Å². The van der Waals surface area contributed by atoms with Crippen LogP contribution in [0.3, 0.4) is 0 Å². The number of anilines is 2. The van der Waals surface area contributed by atoms with Crippen molar-refractivity contribution in [1.29, 1.82) is 0 Å². The summed E-state index contributed by atoms with van der Waals surface area (Å²) in [6.07, 6.45) is 0. The van der Waals surface area contributed by atoms with Crippen LogP contribution in [0.25, 0.3) is 0 Å². The molecular formula is C20H24N2O2. The first-order valence-electron chi connectivity index (χ1n) is 7.92. The summed E-state index contributed by atoms with van der Waals surface area (Å²) in [5.41, 5.74) is 4.87. The van der Waals surface area contributed by atoms with E-state index < -0.39 is 0 Å². The van der Waals surface area contributed by atoms with Gasteiger partial charge in [-0.3, -0.25) is 4.79 Å². The summed E-state index contributed by atoms with van der Waals surface area (Å²) < 4.78 is 5.60. The van der Waals surface area contributed by atoms with Crippen LogP contribution in [0.4, 0.5) is 11.4 Å². The lowest BCUT2D eigenvalue weighted by molar-refractivity contribution is -0.114. The van der Waals surface area contributed by atoms with Crippen molar-refractivity contribution < 1.29 is 9.53 Å². The molecule has 4 heteroatoms. The molecule has 0 saturated carbocycles. The second kappa shape index (κ2) is 8.20. The van der Waals surface area contributed by atoms with Gasteiger partial charge in [-0.25, -0.2) is 0 Å². The summed E-state index contributed by atoms with van der Waals surface area (Å²) in [6, 6.07) is 13.5. The maximum absolute atomic E-state index is 12.1. The molecule has 126 valence electrons. The number of carbonyl (C=O) groups excluding carboxylic acids is 1. The van der Waals surface area contributed by atoms with E-state index in [-0.39, 0.29) is 12.5 Å². The molecule has 0 spiro atoms. The normalized spacial score (nSPS) is 10.1. The first-order chi connectivity index (χ1) is 11.4. The molecular weight excluding hydrogens is 300 g/mol. The highest BCUT2D eigenvalue weighted by Gasteiger charge is 2.05. The molecule has 0 aliphatic rings. The van der Waals surface area contributed by atoms with Crippen molar-refractivity contribution in [2.24, 2.45) is 0 Å². The fraction of sp³-hybridized carbons (Fsp3) is 0.250. The number of benzene rings is 2. The van der Waals surface area contributed by atoms with Crippen molar-refractivity contribution >= 4 is 17.3 Å². The van der Waals surface area contributed by atoms with Gasteiger partial charge in [0.15, 0.2) is 0 Å². The van der Waals surface area contributed by atoms with Crippen LogP contribution in [0.5, 0.6) is 5.75 Å². The van der Waals surface area contributed by atoms with Gasteiger partial charge in [0.25, 0.3) is 0 Å². The number of nitrogens with one attached hydrogen (secondary N) is 2. The van der Waals surface area contributed by atoms with Crippen LogP contribution < -0.4 is 15.4 Å². The summed E-state index contributed by atoms with van der Waals surface area (Å²) in [5, 5.41) is 6.03. The summed E-state index contributed by atoms with van der Waals surface area (Å²) >= 11 is 0. The van der Waals surface area contributed by atoms with Crippen molar-refractivity contribution in [2.45, 2.75) is 20.8 Å². The number of amides is 1. The van der Waals surface area contributed by atoms with E-state index >= 15 is 0 Å². The van der Waals surface area contributed by atoms with Gasteiger partial charge in [-0.2, -0.15) is 0 Å². The Hall–Kier alpha value is -2.75. The second-order valence-electron chi connectivity index (χ2n) is 5.99. The average molecular weight is 324 g/mol. The SMILES string of the molecule is C=C(C)COc1cccc(NCC(=O)Nc2ccc(C)cc2C)c1. The molecule has 0 saturated heterocycles. The molecule has 0 unspecified atom stereocenters. The maximum Gasteiger partial charge on any atom is 0.243 e. The van der Waals surface area contributed by atoms with Crippen molar-refractivity contribution in [3.8, 4) is 5.75 Å². The highest BCUT2D eigenvalue weighted by molar-refractivity contribution is 5.94. The first kappa shape index (κ1) is 17.6. The molecule has 24 heavy (non-hydrogen) atoms. The molecule has 1 amide bonds. The van der Waals surface area contributed by atoms with Crippen molar-refractivity contribution in [2.75, 3.05) is 23.8 Å². The van der Waals surface area contributed by atoms with Gasteiger partial charge in [0.2, 0.25) is 5.91 Å². The van der Waals surface area contributed by atoms with Crippen LogP contribution in [-0.2, 0) is 4.79 Å². The molecule has 0 atom stereocenters. The summed E-state index contributed by atoms with van der Waals surface area (Å²) in [5.74, 6) is 0.660. The minimum Gasteiger partial charge on any atom is -0.489 e. The smallest absolute Gasteiger partial charge is 0.243 e. The Morgan fingerprint density at radius 3 is 2.67 bits per heavy atom. The lowest BCUT2D eigenvalue weighted by Gasteiger charge is -2.11. The average Bonchev–Trinajstić information content (AvgIpc) is 2.54. The third kappa shape index (κ3) is 5.47. The van der Waals surface area contributed by atoms with E-state index in [1.165, 1.54) is 5.56 Å². The zero-order valence-electron chi connectivity index (χ0n) is 14.5. The third-order valence-corrected chi connectivity index (χ3v) is 3.43. The second-order valence-corrected chi connectivity index (χ2v) is 5.99. The Balaban J connectivity index is 1.89. The molecule has 0 radical (unpaired) electrons. The number of carbonyl (C=O) groups is 1. The molecule has 2 N–H and O–H groups in total. The lowest BCUT2D eigenvalue weighted by Crippen LogP contribution is -2.22. The minimum absolute atomic E-state index is 0.0878. The molecule has 0 heterocycles. The molecule has 4 nitrogen and oxygen atoms in total.